The average molecular weight is 539 g/mol. The zero-order valence-corrected chi connectivity index (χ0v) is 21.8. The van der Waals surface area contributed by atoms with Crippen LogP contribution in [0.1, 0.15) is 42.3 Å². The van der Waals surface area contributed by atoms with Gasteiger partial charge >= 0.3 is 6.18 Å². The van der Waals surface area contributed by atoms with Crippen molar-refractivity contribution in [2.24, 2.45) is 7.05 Å². The van der Waals surface area contributed by atoms with Gasteiger partial charge in [-0.05, 0) is 44.2 Å². The van der Waals surface area contributed by atoms with Crippen LogP contribution in [0, 0.1) is 0 Å². The number of aryl methyl sites for hydroxylation is 1. The molecular formula is C27H25F3N6O3. The Balaban J connectivity index is 1.48. The molecule has 4 aromatic rings. The summed E-state index contributed by atoms with van der Waals surface area (Å²) in [5.41, 5.74) is -0.686. The summed E-state index contributed by atoms with van der Waals surface area (Å²) in [7, 11) is 3.20. The number of fused-ring (bicyclic) bond motifs is 2. The number of hydrogen-bond acceptors (Lipinski definition) is 6. The number of ether oxygens (including phenoxy) is 1. The van der Waals surface area contributed by atoms with Crippen LogP contribution >= 0.6 is 0 Å². The van der Waals surface area contributed by atoms with E-state index in [1.54, 1.807) is 55.8 Å². The summed E-state index contributed by atoms with van der Waals surface area (Å²) in [6.07, 6.45) is -3.16. The summed E-state index contributed by atoms with van der Waals surface area (Å²) in [6.45, 7) is 4.56. The number of carbonyl (C=O) groups excluding carboxylic acids is 2. The van der Waals surface area contributed by atoms with E-state index in [0.29, 0.717) is 28.4 Å². The molecule has 0 bridgehead atoms. The molecule has 5 rings (SSSR count). The van der Waals surface area contributed by atoms with Gasteiger partial charge in [0.2, 0.25) is 11.9 Å². The second kappa shape index (κ2) is 9.00. The molecule has 2 N–H and O–H groups in total. The van der Waals surface area contributed by atoms with Crippen LogP contribution < -0.4 is 15.4 Å². The number of halogens is 3. The van der Waals surface area contributed by atoms with Crippen molar-refractivity contribution in [2.75, 3.05) is 17.7 Å². The Morgan fingerprint density at radius 3 is 2.46 bits per heavy atom. The lowest BCUT2D eigenvalue weighted by atomic mass is 9.88. The first-order valence-electron chi connectivity index (χ1n) is 11.9. The number of pyridine rings is 1. The van der Waals surface area contributed by atoms with E-state index in [1.165, 1.54) is 31.1 Å². The molecule has 0 fully saturated rings. The summed E-state index contributed by atoms with van der Waals surface area (Å²) in [5.74, 6) is 0.808. The van der Waals surface area contributed by atoms with Gasteiger partial charge in [0, 0.05) is 56.2 Å². The van der Waals surface area contributed by atoms with E-state index in [0.717, 1.165) is 6.07 Å². The molecule has 2 aromatic carbocycles. The van der Waals surface area contributed by atoms with Crippen LogP contribution in [0.2, 0.25) is 0 Å². The van der Waals surface area contributed by atoms with Crippen molar-refractivity contribution in [3.05, 3.63) is 65.4 Å². The minimum atomic E-state index is -4.66. The maximum atomic E-state index is 14.1. The van der Waals surface area contributed by atoms with Crippen LogP contribution in [0.3, 0.4) is 0 Å². The van der Waals surface area contributed by atoms with E-state index in [1.807, 2.05) is 0 Å². The lowest BCUT2D eigenvalue weighted by molar-refractivity contribution is -0.139. The fourth-order valence-corrected chi connectivity index (χ4v) is 4.70. The zero-order valence-electron chi connectivity index (χ0n) is 21.8. The first kappa shape index (κ1) is 26.0. The van der Waals surface area contributed by atoms with Crippen molar-refractivity contribution in [3.63, 3.8) is 0 Å². The number of hydrogen-bond donors (Lipinski definition) is 2. The number of nitrogens with zero attached hydrogens (tertiary/aromatic N) is 4. The Bertz CT molecular complexity index is 1640. The summed E-state index contributed by atoms with van der Waals surface area (Å²) in [4.78, 5) is 34.0. The molecule has 2 aromatic heterocycles. The van der Waals surface area contributed by atoms with Crippen LogP contribution in [0.5, 0.6) is 11.5 Å². The number of anilines is 3. The van der Waals surface area contributed by atoms with E-state index in [-0.39, 0.29) is 28.7 Å². The minimum Gasteiger partial charge on any atom is -0.457 e. The van der Waals surface area contributed by atoms with E-state index in [2.05, 4.69) is 20.6 Å². The summed E-state index contributed by atoms with van der Waals surface area (Å²) < 4.78 is 49.9. The highest BCUT2D eigenvalue weighted by Gasteiger charge is 2.48. The SMILES string of the molecule is CC(=O)Nc1cc(Oc2ccc3nc(Nc4cc5c(c(C(F)(F)F)c4)C(C)(C)N(C)C5=O)n(C)c3c2)ccn1. The molecule has 12 heteroatoms. The smallest absolute Gasteiger partial charge is 0.416 e. The molecule has 3 heterocycles. The lowest BCUT2D eigenvalue weighted by Gasteiger charge is -2.30. The topological polar surface area (TPSA) is 101 Å². The number of aromatic nitrogens is 3. The van der Waals surface area contributed by atoms with E-state index < -0.39 is 23.2 Å². The molecule has 0 radical (unpaired) electrons. The first-order valence-corrected chi connectivity index (χ1v) is 11.9. The largest absolute Gasteiger partial charge is 0.457 e. The van der Waals surface area contributed by atoms with Crippen LogP contribution in [0.4, 0.5) is 30.6 Å². The lowest BCUT2D eigenvalue weighted by Crippen LogP contribution is -2.36. The standard InChI is InChI=1S/C27H25F3N6O3/c1-14(37)32-22-13-17(8-9-31-22)39-16-6-7-20-21(12-16)35(4)25(34-20)33-15-10-18-23(19(11-15)27(28,29)30)26(2,3)36(5)24(18)38/h6-13H,1-5H3,(H,33,34)(H,31,32,37). The Morgan fingerprint density at radius 2 is 1.77 bits per heavy atom. The van der Waals surface area contributed by atoms with Gasteiger partial charge in [0.15, 0.2) is 0 Å². The number of amides is 2. The molecule has 39 heavy (non-hydrogen) atoms. The molecule has 0 aliphatic carbocycles. The Kier molecular flexibility index (Phi) is 6.00. The predicted octanol–water partition coefficient (Wildman–Crippen LogP) is 5.80. The molecule has 1 aliphatic heterocycles. The molecule has 0 spiro atoms. The second-order valence-corrected chi connectivity index (χ2v) is 9.80. The van der Waals surface area contributed by atoms with Gasteiger partial charge in [0.05, 0.1) is 22.1 Å². The summed E-state index contributed by atoms with van der Waals surface area (Å²) >= 11 is 0. The van der Waals surface area contributed by atoms with Gasteiger partial charge < -0.3 is 24.8 Å². The third-order valence-electron chi connectivity index (χ3n) is 6.81. The predicted molar refractivity (Wildman–Crippen MR) is 139 cm³/mol. The molecule has 202 valence electrons. The van der Waals surface area contributed by atoms with Crippen molar-refractivity contribution in [2.45, 2.75) is 32.5 Å². The number of rotatable bonds is 5. The van der Waals surface area contributed by atoms with Gasteiger partial charge in [-0.1, -0.05) is 0 Å². The highest BCUT2D eigenvalue weighted by molar-refractivity contribution is 6.01. The van der Waals surface area contributed by atoms with Gasteiger partial charge in [-0.2, -0.15) is 13.2 Å². The summed E-state index contributed by atoms with van der Waals surface area (Å²) in [6, 6.07) is 10.8. The molecule has 0 atom stereocenters. The van der Waals surface area contributed by atoms with E-state index >= 15 is 0 Å². The highest BCUT2D eigenvalue weighted by Crippen LogP contribution is 2.46. The van der Waals surface area contributed by atoms with Crippen LogP contribution in [-0.4, -0.2) is 38.3 Å². The van der Waals surface area contributed by atoms with Gasteiger partial charge in [-0.15, -0.1) is 0 Å². The molecule has 1 aliphatic rings. The first-order chi connectivity index (χ1) is 18.3. The van der Waals surface area contributed by atoms with E-state index in [4.69, 9.17) is 4.74 Å². The molecule has 9 nitrogen and oxygen atoms in total. The third kappa shape index (κ3) is 4.62. The fraction of sp³-hybridized carbons (Fsp3) is 0.259. The van der Waals surface area contributed by atoms with Crippen molar-refractivity contribution in [3.8, 4) is 11.5 Å². The quantitative estimate of drug-likeness (QED) is 0.333. The van der Waals surface area contributed by atoms with E-state index in [9.17, 15) is 22.8 Å². The van der Waals surface area contributed by atoms with Crippen LogP contribution in [0.15, 0.2) is 48.7 Å². The molecular weight excluding hydrogens is 513 g/mol. The maximum absolute atomic E-state index is 14.1. The average Bonchev–Trinajstić information content (AvgIpc) is 3.24. The third-order valence-corrected chi connectivity index (χ3v) is 6.81. The van der Waals surface area contributed by atoms with Gasteiger partial charge in [0.1, 0.15) is 17.3 Å². The zero-order chi connectivity index (χ0) is 28.3. The second-order valence-electron chi connectivity index (χ2n) is 9.80. The monoisotopic (exact) mass is 538 g/mol. The number of imidazole rings is 1. The Morgan fingerprint density at radius 1 is 1.05 bits per heavy atom. The Labute approximate surface area is 221 Å². The normalized spacial score (nSPS) is 14.5. The molecule has 0 unspecified atom stereocenters. The van der Waals surface area contributed by atoms with Crippen molar-refractivity contribution >= 4 is 40.3 Å². The van der Waals surface area contributed by atoms with Crippen molar-refractivity contribution in [1.29, 1.82) is 0 Å². The number of benzene rings is 2. The molecule has 2 amide bonds. The van der Waals surface area contributed by atoms with Crippen molar-refractivity contribution < 1.29 is 27.5 Å². The molecule has 0 saturated carbocycles. The summed E-state index contributed by atoms with van der Waals surface area (Å²) in [5, 5.41) is 5.54. The number of alkyl halides is 3. The van der Waals surface area contributed by atoms with Crippen LogP contribution in [0.25, 0.3) is 11.0 Å². The Hall–Kier alpha value is -4.61. The van der Waals surface area contributed by atoms with Gasteiger partial charge in [-0.3, -0.25) is 9.59 Å². The maximum Gasteiger partial charge on any atom is 0.416 e. The van der Waals surface area contributed by atoms with Gasteiger partial charge in [0.25, 0.3) is 5.91 Å². The number of carbonyl (C=O) groups is 2. The van der Waals surface area contributed by atoms with Crippen molar-refractivity contribution in [1.82, 2.24) is 19.4 Å². The minimum absolute atomic E-state index is 0.00487. The van der Waals surface area contributed by atoms with Crippen LogP contribution in [-0.2, 0) is 23.6 Å². The molecule has 0 saturated heterocycles. The number of nitrogens with one attached hydrogen (secondary N) is 2. The fourth-order valence-electron chi connectivity index (χ4n) is 4.70. The van der Waals surface area contributed by atoms with Gasteiger partial charge in [-0.25, -0.2) is 9.97 Å². The highest BCUT2D eigenvalue weighted by atomic mass is 19.4.